The second-order valence-electron chi connectivity index (χ2n) is 9.06. The Kier molecular flexibility index (Phi) is 7.50. The van der Waals surface area contributed by atoms with Crippen molar-refractivity contribution in [1.29, 1.82) is 0 Å². The third kappa shape index (κ3) is 5.17. The molecule has 1 aliphatic rings. The monoisotopic (exact) mass is 534 g/mol. The number of amides is 1. The molecule has 4 heterocycles. The van der Waals surface area contributed by atoms with Crippen molar-refractivity contribution < 1.29 is 19.0 Å². The number of benzene rings is 1. The summed E-state index contributed by atoms with van der Waals surface area (Å²) in [6.45, 7) is 1.09. The van der Waals surface area contributed by atoms with Gasteiger partial charge in [-0.3, -0.25) is 14.8 Å². The fourth-order valence-electron chi connectivity index (χ4n) is 4.35. The highest BCUT2D eigenvalue weighted by atomic mass is 32.2. The molecule has 0 radical (unpaired) electrons. The summed E-state index contributed by atoms with van der Waals surface area (Å²) < 4.78 is 19.8. The average molecular weight is 535 g/mol. The number of rotatable bonds is 9. The normalized spacial score (nSPS) is 15.1. The number of carbonyl (C=O) groups is 1. The van der Waals surface area contributed by atoms with Gasteiger partial charge in [0, 0.05) is 48.3 Å². The predicted octanol–water partition coefficient (Wildman–Crippen LogP) is 3.19. The molecule has 0 bridgehead atoms. The van der Waals surface area contributed by atoms with E-state index < -0.39 is 11.4 Å². The Morgan fingerprint density at radius 2 is 2.03 bits per heavy atom. The fraction of sp³-hybridized carbons (Fsp3) is 0.296. The number of carbonyl (C=O) groups excluding carboxylic acids is 1. The van der Waals surface area contributed by atoms with Crippen molar-refractivity contribution in [2.45, 2.75) is 17.3 Å². The minimum absolute atomic E-state index is 0.124. The molecule has 11 heteroatoms. The lowest BCUT2D eigenvalue weighted by molar-refractivity contribution is -0.186. The summed E-state index contributed by atoms with van der Waals surface area (Å²) in [5.74, 6) is -0.164. The Morgan fingerprint density at radius 1 is 1.18 bits per heavy atom. The Balaban J connectivity index is 1.30. The summed E-state index contributed by atoms with van der Waals surface area (Å²) in [5.41, 5.74) is 2.69. The highest BCUT2D eigenvalue weighted by molar-refractivity contribution is 7.99. The van der Waals surface area contributed by atoms with Crippen LogP contribution < -0.4 is 10.6 Å². The number of hydrogen-bond donors (Lipinski definition) is 3. The molecule has 3 N–H and O–H groups in total. The smallest absolute Gasteiger partial charge is 0.251 e. The van der Waals surface area contributed by atoms with Crippen LogP contribution in [-0.2, 0) is 16.8 Å². The molecular formula is C27H27FN6O3S. The molecule has 3 aromatic heterocycles. The molecule has 0 aliphatic carbocycles. The Morgan fingerprint density at radius 3 is 2.71 bits per heavy atom. The van der Waals surface area contributed by atoms with E-state index in [0.717, 1.165) is 11.1 Å². The van der Waals surface area contributed by atoms with Crippen molar-refractivity contribution in [1.82, 2.24) is 25.3 Å². The lowest BCUT2D eigenvalue weighted by Crippen LogP contribution is -2.47. The molecule has 9 nitrogen and oxygen atoms in total. The molecule has 1 aromatic carbocycles. The van der Waals surface area contributed by atoms with Crippen molar-refractivity contribution >= 4 is 34.4 Å². The fourth-order valence-corrected chi connectivity index (χ4v) is 4.95. The van der Waals surface area contributed by atoms with E-state index >= 15 is 0 Å². The molecule has 1 atom stereocenters. The van der Waals surface area contributed by atoms with Gasteiger partial charge in [-0.25, -0.2) is 14.4 Å². The third-order valence-electron chi connectivity index (χ3n) is 6.57. The van der Waals surface area contributed by atoms with E-state index in [4.69, 9.17) is 4.74 Å². The summed E-state index contributed by atoms with van der Waals surface area (Å²) in [4.78, 5) is 29.8. The molecule has 1 fully saturated rings. The number of pyridine rings is 2. The zero-order valence-electron chi connectivity index (χ0n) is 20.9. The topological polar surface area (TPSA) is 122 Å². The van der Waals surface area contributed by atoms with E-state index in [1.165, 1.54) is 31.7 Å². The first-order chi connectivity index (χ1) is 18.4. The molecule has 0 saturated carbocycles. The maximum absolute atomic E-state index is 14.7. The molecule has 5 rings (SSSR count). The van der Waals surface area contributed by atoms with Gasteiger partial charge in [0.15, 0.2) is 5.60 Å². The van der Waals surface area contributed by atoms with Crippen LogP contribution in [0.25, 0.3) is 22.2 Å². The van der Waals surface area contributed by atoms with E-state index in [-0.39, 0.29) is 35.3 Å². The highest BCUT2D eigenvalue weighted by Crippen LogP contribution is 2.29. The lowest BCUT2D eigenvalue weighted by atomic mass is 9.97. The van der Waals surface area contributed by atoms with Crippen LogP contribution in [0, 0.1) is 5.82 Å². The number of aromatic nitrogens is 4. The highest BCUT2D eigenvalue weighted by Gasteiger charge is 2.39. The van der Waals surface area contributed by atoms with Crippen LogP contribution in [0.4, 0.5) is 10.2 Å². The van der Waals surface area contributed by atoms with Crippen LogP contribution in [0.15, 0.2) is 55.1 Å². The van der Waals surface area contributed by atoms with Crippen LogP contribution >= 0.6 is 11.8 Å². The van der Waals surface area contributed by atoms with E-state index in [0.29, 0.717) is 35.7 Å². The number of fused-ring (bicyclic) bond motifs is 1. The number of halogens is 1. The number of ether oxygens (including phenoxy) is 1. The first-order valence-corrected chi connectivity index (χ1v) is 13.3. The Labute approximate surface area is 223 Å². The molecule has 38 heavy (non-hydrogen) atoms. The standard InChI is InChI=1S/C27H27FN6O3S/c1-29-26(35)19-7-8-30-25-16(3-5-20(28)24(19)25)9-18(38-2)12-32-23-10-21(33-15-34-23)17-4-6-22(31-11-17)27(36)13-37-14-27/h3-8,10-11,15,18,36H,9,12-14H2,1-2H3,(H,29,35)(H,32,33,34). The van der Waals surface area contributed by atoms with Crippen molar-refractivity contribution in [2.24, 2.45) is 0 Å². The molecular weight excluding hydrogens is 507 g/mol. The number of hydrogen-bond acceptors (Lipinski definition) is 9. The van der Waals surface area contributed by atoms with Gasteiger partial charge in [0.2, 0.25) is 0 Å². The first-order valence-electron chi connectivity index (χ1n) is 12.1. The van der Waals surface area contributed by atoms with Crippen LogP contribution in [0.3, 0.4) is 0 Å². The minimum atomic E-state index is -1.01. The second-order valence-corrected chi connectivity index (χ2v) is 10.2. The zero-order valence-corrected chi connectivity index (χ0v) is 21.8. The van der Waals surface area contributed by atoms with Crippen LogP contribution in [-0.4, -0.2) is 69.3 Å². The number of thioether (sulfide) groups is 1. The average Bonchev–Trinajstić information content (AvgIpc) is 2.94. The molecule has 1 unspecified atom stereocenters. The number of nitrogens with zero attached hydrogens (tertiary/aromatic N) is 4. The summed E-state index contributed by atoms with van der Waals surface area (Å²) in [5, 5.41) is 16.7. The van der Waals surface area contributed by atoms with Crippen LogP contribution in [0.5, 0.6) is 0 Å². The lowest BCUT2D eigenvalue weighted by Gasteiger charge is -2.35. The van der Waals surface area contributed by atoms with Crippen molar-refractivity contribution in [3.8, 4) is 11.3 Å². The number of nitrogens with one attached hydrogen (secondary N) is 2. The van der Waals surface area contributed by atoms with Crippen molar-refractivity contribution in [3.63, 3.8) is 0 Å². The van der Waals surface area contributed by atoms with E-state index in [2.05, 4.69) is 30.6 Å². The van der Waals surface area contributed by atoms with E-state index in [1.807, 2.05) is 18.4 Å². The van der Waals surface area contributed by atoms with Crippen LogP contribution in [0.2, 0.25) is 0 Å². The Hall–Kier alpha value is -3.67. The van der Waals surface area contributed by atoms with E-state index in [1.54, 1.807) is 30.1 Å². The largest absolute Gasteiger partial charge is 0.379 e. The molecule has 1 amide bonds. The van der Waals surface area contributed by atoms with Gasteiger partial charge in [0.25, 0.3) is 5.91 Å². The Bertz CT molecular complexity index is 1470. The summed E-state index contributed by atoms with van der Waals surface area (Å²) >= 11 is 1.67. The molecule has 1 saturated heterocycles. The number of anilines is 1. The van der Waals surface area contributed by atoms with Crippen molar-refractivity contribution in [2.75, 3.05) is 38.4 Å². The first kappa shape index (κ1) is 26.0. The van der Waals surface area contributed by atoms with Crippen LogP contribution in [0.1, 0.15) is 21.6 Å². The van der Waals surface area contributed by atoms with Gasteiger partial charge >= 0.3 is 0 Å². The number of aliphatic hydroxyl groups is 1. The van der Waals surface area contributed by atoms with Gasteiger partial charge < -0.3 is 20.5 Å². The summed E-state index contributed by atoms with van der Waals surface area (Å²) in [6.07, 6.45) is 7.34. The third-order valence-corrected chi connectivity index (χ3v) is 7.57. The predicted molar refractivity (Wildman–Crippen MR) is 145 cm³/mol. The van der Waals surface area contributed by atoms with Gasteiger partial charge in [-0.2, -0.15) is 11.8 Å². The van der Waals surface area contributed by atoms with Gasteiger partial charge in [-0.15, -0.1) is 0 Å². The minimum Gasteiger partial charge on any atom is -0.379 e. The molecule has 1 aliphatic heterocycles. The van der Waals surface area contributed by atoms with Gasteiger partial charge in [0.1, 0.15) is 18.0 Å². The maximum atomic E-state index is 14.7. The molecule has 4 aromatic rings. The van der Waals surface area contributed by atoms with E-state index in [9.17, 15) is 14.3 Å². The summed E-state index contributed by atoms with van der Waals surface area (Å²) in [7, 11) is 1.52. The summed E-state index contributed by atoms with van der Waals surface area (Å²) in [6, 6.07) is 10.2. The van der Waals surface area contributed by atoms with Gasteiger partial charge in [-0.05, 0) is 42.5 Å². The molecule has 196 valence electrons. The quantitative estimate of drug-likeness (QED) is 0.297. The zero-order chi connectivity index (χ0) is 26.7. The molecule has 0 spiro atoms. The van der Waals surface area contributed by atoms with Gasteiger partial charge in [0.05, 0.1) is 35.7 Å². The second kappa shape index (κ2) is 11.0. The van der Waals surface area contributed by atoms with Crippen molar-refractivity contribution in [3.05, 3.63) is 77.8 Å². The van der Waals surface area contributed by atoms with Gasteiger partial charge in [-0.1, -0.05) is 6.07 Å². The maximum Gasteiger partial charge on any atom is 0.251 e. The SMILES string of the molecule is CNC(=O)c1ccnc2c(CC(CNc3cc(-c4ccc(C5(O)COC5)nc4)ncn3)SC)ccc(F)c12.